The molecule has 0 aliphatic heterocycles. The van der Waals surface area contributed by atoms with Crippen LogP contribution in [0.5, 0.6) is 0 Å². The van der Waals surface area contributed by atoms with Crippen molar-refractivity contribution >= 4 is 11.8 Å². The van der Waals surface area contributed by atoms with Gasteiger partial charge in [-0.15, -0.1) is 0 Å². The van der Waals surface area contributed by atoms with E-state index in [2.05, 4.69) is 6.92 Å². The molecule has 0 N–H and O–H groups in total. The van der Waals surface area contributed by atoms with Crippen molar-refractivity contribution in [3.05, 3.63) is 48.0 Å². The molecule has 0 aliphatic rings. The third-order valence-corrected chi connectivity index (χ3v) is 5.67. The van der Waals surface area contributed by atoms with E-state index in [1.807, 2.05) is 12.1 Å². The minimum Gasteiger partial charge on any atom is -0.454 e. The highest BCUT2D eigenvalue weighted by atomic mass is 16.5. The number of ketones is 1. The second-order valence-corrected chi connectivity index (χ2v) is 8.54. The van der Waals surface area contributed by atoms with Crippen LogP contribution in [-0.4, -0.2) is 18.4 Å². The van der Waals surface area contributed by atoms with Gasteiger partial charge in [-0.05, 0) is 12.8 Å². The number of esters is 1. The van der Waals surface area contributed by atoms with Crippen LogP contribution in [0.3, 0.4) is 0 Å². The number of rotatable bonds is 20. The summed E-state index contributed by atoms with van der Waals surface area (Å²) in [6, 6.07) is 8.90. The molecular formula is C28H44O3. The molecule has 0 unspecified atom stereocenters. The maximum absolute atomic E-state index is 11.9. The number of ether oxygens (including phenoxy) is 1. The second kappa shape index (κ2) is 20.0. The first kappa shape index (κ1) is 27.1. The van der Waals surface area contributed by atoms with Gasteiger partial charge in [-0.25, -0.2) is 4.79 Å². The molecule has 0 radical (unpaired) electrons. The molecule has 3 heteroatoms. The number of carbonyl (C=O) groups is 2. The molecule has 0 heterocycles. The van der Waals surface area contributed by atoms with E-state index in [0.29, 0.717) is 5.56 Å². The van der Waals surface area contributed by atoms with Crippen molar-refractivity contribution in [2.45, 2.75) is 110 Å². The smallest absolute Gasteiger partial charge is 0.330 e. The van der Waals surface area contributed by atoms with Crippen LogP contribution in [0.2, 0.25) is 0 Å². The summed E-state index contributed by atoms with van der Waals surface area (Å²) in [6.45, 7) is 2.07. The second-order valence-electron chi connectivity index (χ2n) is 8.54. The fraction of sp³-hybridized carbons (Fsp3) is 0.643. The van der Waals surface area contributed by atoms with Gasteiger partial charge >= 0.3 is 5.97 Å². The highest BCUT2D eigenvalue weighted by Crippen LogP contribution is 2.13. The molecule has 1 aromatic rings. The van der Waals surface area contributed by atoms with E-state index in [-0.39, 0.29) is 12.4 Å². The molecule has 0 aliphatic carbocycles. The third kappa shape index (κ3) is 16.5. The summed E-state index contributed by atoms with van der Waals surface area (Å²) in [4.78, 5) is 23.6. The zero-order valence-electron chi connectivity index (χ0n) is 19.8. The molecule has 0 saturated heterocycles. The number of benzene rings is 1. The zero-order valence-corrected chi connectivity index (χ0v) is 19.8. The summed E-state index contributed by atoms with van der Waals surface area (Å²) in [6.07, 6.45) is 24.5. The third-order valence-electron chi connectivity index (χ3n) is 5.67. The average Bonchev–Trinajstić information content (AvgIpc) is 2.80. The van der Waals surface area contributed by atoms with Crippen molar-refractivity contribution in [3.63, 3.8) is 0 Å². The molecule has 0 aromatic heterocycles. The van der Waals surface area contributed by atoms with Crippen LogP contribution in [0.4, 0.5) is 0 Å². The lowest BCUT2D eigenvalue weighted by molar-refractivity contribution is -0.136. The molecule has 0 atom stereocenters. The molecule has 1 aromatic carbocycles. The summed E-state index contributed by atoms with van der Waals surface area (Å²) in [5, 5.41) is 0. The summed E-state index contributed by atoms with van der Waals surface area (Å²) in [5.41, 5.74) is 0.567. The predicted molar refractivity (Wildman–Crippen MR) is 130 cm³/mol. The Morgan fingerprint density at radius 1 is 0.710 bits per heavy atom. The summed E-state index contributed by atoms with van der Waals surface area (Å²) in [7, 11) is 0. The highest BCUT2D eigenvalue weighted by Gasteiger charge is 2.07. The first-order chi connectivity index (χ1) is 15.2. The summed E-state index contributed by atoms with van der Waals surface area (Å²) in [5.74, 6) is -0.616. The number of hydrogen-bond acceptors (Lipinski definition) is 3. The predicted octanol–water partition coefficient (Wildman–Crippen LogP) is 8.23. The van der Waals surface area contributed by atoms with E-state index >= 15 is 0 Å². The molecular weight excluding hydrogens is 384 g/mol. The van der Waals surface area contributed by atoms with E-state index in [9.17, 15) is 9.59 Å². The molecule has 0 spiro atoms. The monoisotopic (exact) mass is 428 g/mol. The van der Waals surface area contributed by atoms with Crippen molar-refractivity contribution in [2.75, 3.05) is 6.61 Å². The van der Waals surface area contributed by atoms with E-state index in [4.69, 9.17) is 4.74 Å². The van der Waals surface area contributed by atoms with Gasteiger partial charge in [-0.1, -0.05) is 133 Å². The van der Waals surface area contributed by atoms with E-state index in [1.54, 1.807) is 24.3 Å². The maximum Gasteiger partial charge on any atom is 0.330 e. The van der Waals surface area contributed by atoms with E-state index in [0.717, 1.165) is 12.8 Å². The average molecular weight is 429 g/mol. The normalized spacial score (nSPS) is 11.1. The lowest BCUT2D eigenvalue weighted by Crippen LogP contribution is -2.12. The van der Waals surface area contributed by atoms with Crippen LogP contribution < -0.4 is 0 Å². The van der Waals surface area contributed by atoms with Gasteiger partial charge in [0.05, 0.1) is 0 Å². The molecule has 0 fully saturated rings. The lowest BCUT2D eigenvalue weighted by Gasteiger charge is -2.03. The van der Waals surface area contributed by atoms with Crippen LogP contribution in [0.25, 0.3) is 0 Å². The Morgan fingerprint density at radius 3 is 1.71 bits per heavy atom. The lowest BCUT2D eigenvalue weighted by atomic mass is 10.0. The fourth-order valence-corrected chi connectivity index (χ4v) is 3.71. The molecule has 0 saturated carbocycles. The van der Waals surface area contributed by atoms with E-state index in [1.165, 1.54) is 96.0 Å². The van der Waals surface area contributed by atoms with Gasteiger partial charge in [-0.3, -0.25) is 4.79 Å². The highest BCUT2D eigenvalue weighted by molar-refractivity contribution is 5.98. The van der Waals surface area contributed by atoms with Gasteiger partial charge in [0.25, 0.3) is 0 Å². The number of carbonyl (C=O) groups excluding carboxylic acids is 2. The number of allylic oxidation sites excluding steroid dienone is 1. The summed E-state index contributed by atoms with van der Waals surface area (Å²) < 4.78 is 5.01. The van der Waals surface area contributed by atoms with Crippen molar-refractivity contribution < 1.29 is 14.3 Å². The van der Waals surface area contributed by atoms with Gasteiger partial charge in [0.1, 0.15) is 0 Å². The van der Waals surface area contributed by atoms with Crippen LogP contribution >= 0.6 is 0 Å². The SMILES string of the molecule is CCCCCCCCCCCCCCCCCC=CC(=O)OCC(=O)c1ccccc1. The van der Waals surface area contributed by atoms with Crippen molar-refractivity contribution in [2.24, 2.45) is 0 Å². The topological polar surface area (TPSA) is 43.4 Å². The first-order valence-electron chi connectivity index (χ1n) is 12.7. The molecule has 0 bridgehead atoms. The van der Waals surface area contributed by atoms with Crippen LogP contribution in [-0.2, 0) is 9.53 Å². The van der Waals surface area contributed by atoms with Gasteiger partial charge in [0.15, 0.2) is 12.4 Å². The number of hydrogen-bond donors (Lipinski definition) is 0. The molecule has 3 nitrogen and oxygen atoms in total. The Balaban J connectivity index is 1.84. The molecule has 31 heavy (non-hydrogen) atoms. The Bertz CT molecular complexity index is 592. The van der Waals surface area contributed by atoms with Crippen LogP contribution in [0.15, 0.2) is 42.5 Å². The Morgan fingerprint density at radius 2 is 1.19 bits per heavy atom. The maximum atomic E-state index is 11.9. The molecule has 1 rings (SSSR count). The van der Waals surface area contributed by atoms with Crippen LogP contribution in [0, 0.1) is 0 Å². The van der Waals surface area contributed by atoms with Gasteiger partial charge < -0.3 is 4.74 Å². The van der Waals surface area contributed by atoms with Crippen LogP contribution in [0.1, 0.15) is 120 Å². The molecule has 174 valence electrons. The number of unbranched alkanes of at least 4 members (excludes halogenated alkanes) is 15. The summed E-state index contributed by atoms with van der Waals surface area (Å²) >= 11 is 0. The Hall–Kier alpha value is -1.90. The van der Waals surface area contributed by atoms with Crippen molar-refractivity contribution in [3.8, 4) is 0 Å². The number of Topliss-reactive ketones (excluding diaryl/α,β-unsaturated/α-hetero) is 1. The zero-order chi connectivity index (χ0) is 22.4. The molecule has 0 amide bonds. The van der Waals surface area contributed by atoms with Crippen molar-refractivity contribution in [1.82, 2.24) is 0 Å². The standard InChI is InChI=1S/C28H44O3/c1-2-3-4-5-6-7-8-9-10-11-12-13-14-15-16-17-21-24-28(30)31-25-27(29)26-22-19-18-20-23-26/h18-24H,2-17,25H2,1H3. The van der Waals surface area contributed by atoms with Crippen molar-refractivity contribution in [1.29, 1.82) is 0 Å². The first-order valence-corrected chi connectivity index (χ1v) is 12.7. The van der Waals surface area contributed by atoms with E-state index < -0.39 is 5.97 Å². The Kier molecular flexibility index (Phi) is 17.5. The fourth-order valence-electron chi connectivity index (χ4n) is 3.71. The Labute approximate surface area is 190 Å². The minimum atomic E-state index is -0.440. The quantitative estimate of drug-likeness (QED) is 0.0909. The van der Waals surface area contributed by atoms with Gasteiger partial charge in [0, 0.05) is 11.6 Å². The van der Waals surface area contributed by atoms with Gasteiger partial charge in [0.2, 0.25) is 0 Å². The van der Waals surface area contributed by atoms with Gasteiger partial charge in [-0.2, -0.15) is 0 Å². The largest absolute Gasteiger partial charge is 0.454 e. The minimum absolute atomic E-state index is 0.176.